The van der Waals surface area contributed by atoms with Crippen molar-refractivity contribution in [3.63, 3.8) is 0 Å². The minimum absolute atomic E-state index is 0.303. The van der Waals surface area contributed by atoms with E-state index in [1.54, 1.807) is 84.9 Å². The normalized spacial score (nSPS) is 20.7. The lowest BCUT2D eigenvalue weighted by Gasteiger charge is -2.37. The molecule has 8 heteroatoms. The van der Waals surface area contributed by atoms with E-state index in [2.05, 4.69) is 0 Å². The molecule has 2 heterocycles. The van der Waals surface area contributed by atoms with Crippen molar-refractivity contribution in [1.29, 1.82) is 0 Å². The Morgan fingerprint density at radius 2 is 1.50 bits per heavy atom. The standard InChI is InChI=1S/C36H28FNO6/c1-42-23-8-6-7-21(18-23)33(39)32-31(27-19-24(43-2)13-15-29(27)44-3)36(34(40)25-9-4-5-10-26(25)35(36)41)30-16-11-20-17-22(37)12-14-28(20)38(30)32/h4-19,30-32H,1-3H3/t30-,31-,32-/m1/s1. The van der Waals surface area contributed by atoms with Crippen molar-refractivity contribution in [2.45, 2.75) is 18.0 Å². The van der Waals surface area contributed by atoms with Crippen molar-refractivity contribution in [3.05, 3.63) is 125 Å². The molecule has 3 aliphatic rings. The summed E-state index contributed by atoms with van der Waals surface area (Å²) in [4.78, 5) is 46.4. The van der Waals surface area contributed by atoms with E-state index in [1.165, 1.54) is 33.5 Å². The van der Waals surface area contributed by atoms with Crippen LogP contribution in [0.15, 0.2) is 91.0 Å². The topological polar surface area (TPSA) is 82.1 Å². The Morgan fingerprint density at radius 3 is 2.18 bits per heavy atom. The number of carbonyl (C=O) groups is 3. The molecule has 220 valence electrons. The molecule has 0 unspecified atom stereocenters. The van der Waals surface area contributed by atoms with Gasteiger partial charge in [0.2, 0.25) is 0 Å². The van der Waals surface area contributed by atoms with Gasteiger partial charge in [-0.15, -0.1) is 0 Å². The Labute approximate surface area is 253 Å². The van der Waals surface area contributed by atoms with Gasteiger partial charge in [0.1, 0.15) is 34.5 Å². The summed E-state index contributed by atoms with van der Waals surface area (Å²) in [5.74, 6) is -1.19. The third-order valence-corrected chi connectivity index (χ3v) is 9.16. The number of halogens is 1. The van der Waals surface area contributed by atoms with Gasteiger partial charge in [0, 0.05) is 39.4 Å². The van der Waals surface area contributed by atoms with Crippen LogP contribution in [0.1, 0.15) is 48.1 Å². The minimum Gasteiger partial charge on any atom is -0.497 e. The third-order valence-electron chi connectivity index (χ3n) is 9.16. The van der Waals surface area contributed by atoms with E-state index in [0.29, 0.717) is 50.8 Å². The molecular weight excluding hydrogens is 561 g/mol. The molecule has 4 aromatic rings. The fraction of sp³-hybridized carbons (Fsp3) is 0.194. The number of carbonyl (C=O) groups excluding carboxylic acids is 3. The van der Waals surface area contributed by atoms with Crippen molar-refractivity contribution >= 4 is 29.1 Å². The summed E-state index contributed by atoms with van der Waals surface area (Å²) in [6.07, 6.45) is 3.48. The van der Waals surface area contributed by atoms with Gasteiger partial charge in [0.25, 0.3) is 0 Å². The highest BCUT2D eigenvalue weighted by Crippen LogP contribution is 2.62. The molecule has 0 radical (unpaired) electrons. The smallest absolute Gasteiger partial charge is 0.186 e. The molecule has 2 aliphatic heterocycles. The van der Waals surface area contributed by atoms with Crippen LogP contribution in [0.25, 0.3) is 6.08 Å². The zero-order valence-corrected chi connectivity index (χ0v) is 24.2. The van der Waals surface area contributed by atoms with Crippen molar-refractivity contribution in [2.24, 2.45) is 5.41 Å². The van der Waals surface area contributed by atoms with Crippen molar-refractivity contribution in [1.82, 2.24) is 0 Å². The van der Waals surface area contributed by atoms with Gasteiger partial charge >= 0.3 is 0 Å². The number of methoxy groups -OCH3 is 3. The van der Waals surface area contributed by atoms with Gasteiger partial charge in [-0.1, -0.05) is 48.6 Å². The first-order valence-electron chi connectivity index (χ1n) is 14.2. The lowest BCUT2D eigenvalue weighted by atomic mass is 9.64. The fourth-order valence-corrected chi connectivity index (χ4v) is 7.32. The van der Waals surface area contributed by atoms with Crippen LogP contribution >= 0.6 is 0 Å². The summed E-state index contributed by atoms with van der Waals surface area (Å²) in [7, 11) is 4.54. The van der Waals surface area contributed by atoms with Crippen LogP contribution in [-0.2, 0) is 0 Å². The number of anilines is 1. The third kappa shape index (κ3) is 3.70. The Kier molecular flexibility index (Phi) is 6.39. The number of ether oxygens (including phenoxy) is 3. The van der Waals surface area contributed by atoms with Gasteiger partial charge in [-0.25, -0.2) is 4.39 Å². The molecule has 0 amide bonds. The Bertz CT molecular complexity index is 1860. The van der Waals surface area contributed by atoms with E-state index >= 15 is 0 Å². The van der Waals surface area contributed by atoms with Gasteiger partial charge in [0.15, 0.2) is 17.3 Å². The van der Waals surface area contributed by atoms with Crippen LogP contribution in [0.5, 0.6) is 17.2 Å². The molecule has 7 nitrogen and oxygen atoms in total. The maximum absolute atomic E-state index is 14.9. The molecule has 3 atom stereocenters. The Morgan fingerprint density at radius 1 is 0.795 bits per heavy atom. The molecule has 1 fully saturated rings. The predicted molar refractivity (Wildman–Crippen MR) is 163 cm³/mol. The highest BCUT2D eigenvalue weighted by molar-refractivity contribution is 6.32. The first-order valence-corrected chi connectivity index (χ1v) is 14.2. The van der Waals surface area contributed by atoms with Crippen LogP contribution in [-0.4, -0.2) is 50.8 Å². The van der Waals surface area contributed by atoms with Crippen molar-refractivity contribution in [2.75, 3.05) is 26.2 Å². The van der Waals surface area contributed by atoms with E-state index in [4.69, 9.17) is 14.2 Å². The summed E-state index contributed by atoms with van der Waals surface area (Å²) < 4.78 is 31.3. The summed E-state index contributed by atoms with van der Waals surface area (Å²) in [6.45, 7) is 0. The summed E-state index contributed by atoms with van der Waals surface area (Å²) >= 11 is 0. The highest BCUT2D eigenvalue weighted by Gasteiger charge is 2.72. The highest BCUT2D eigenvalue weighted by atomic mass is 19.1. The van der Waals surface area contributed by atoms with Gasteiger partial charge < -0.3 is 19.1 Å². The van der Waals surface area contributed by atoms with Gasteiger partial charge in [-0.2, -0.15) is 0 Å². The average Bonchev–Trinajstić information content (AvgIpc) is 3.49. The minimum atomic E-state index is -1.74. The van der Waals surface area contributed by atoms with Crippen LogP contribution in [0.2, 0.25) is 0 Å². The molecule has 0 saturated carbocycles. The maximum Gasteiger partial charge on any atom is 0.186 e. The molecule has 0 aromatic heterocycles. The number of ketones is 3. The van der Waals surface area contributed by atoms with E-state index in [-0.39, 0.29) is 17.3 Å². The number of benzene rings is 4. The second-order valence-corrected chi connectivity index (χ2v) is 11.1. The van der Waals surface area contributed by atoms with Crippen LogP contribution in [0.3, 0.4) is 0 Å². The van der Waals surface area contributed by atoms with E-state index in [0.717, 1.165) is 0 Å². The molecule has 0 bridgehead atoms. The van der Waals surface area contributed by atoms with Crippen molar-refractivity contribution < 1.29 is 33.0 Å². The monoisotopic (exact) mass is 589 g/mol. The van der Waals surface area contributed by atoms with E-state index in [1.807, 2.05) is 4.90 Å². The Balaban J connectivity index is 1.58. The zero-order chi connectivity index (χ0) is 30.7. The van der Waals surface area contributed by atoms with Crippen molar-refractivity contribution in [3.8, 4) is 17.2 Å². The first kappa shape index (κ1) is 27.6. The van der Waals surface area contributed by atoms with Gasteiger partial charge in [-0.05, 0) is 48.5 Å². The van der Waals surface area contributed by atoms with E-state index < -0.39 is 29.2 Å². The molecule has 7 rings (SSSR count). The molecule has 44 heavy (non-hydrogen) atoms. The summed E-state index contributed by atoms with van der Waals surface area (Å²) in [5, 5.41) is 0. The number of nitrogens with zero attached hydrogens (tertiary/aromatic N) is 1. The number of Topliss-reactive ketones (excluding diaryl/α,β-unsaturated/α-hetero) is 3. The SMILES string of the molecule is COc1cccc(C(=O)[C@H]2[C@@H](c3cc(OC)ccc3OC)C3(C(=O)c4ccccc4C3=O)[C@H]3C=Cc4cc(F)ccc4N23)c1. The second kappa shape index (κ2) is 10.2. The average molecular weight is 590 g/mol. The summed E-state index contributed by atoms with van der Waals surface area (Å²) in [5.41, 5.74) is 0.758. The van der Waals surface area contributed by atoms with Gasteiger partial charge in [-0.3, -0.25) is 14.4 Å². The molecule has 0 N–H and O–H groups in total. The summed E-state index contributed by atoms with van der Waals surface area (Å²) in [6, 6.07) is 21.1. The molecule has 4 aromatic carbocycles. The van der Waals surface area contributed by atoms with Crippen LogP contribution in [0.4, 0.5) is 10.1 Å². The lowest BCUT2D eigenvalue weighted by molar-refractivity contribution is 0.0664. The fourth-order valence-electron chi connectivity index (χ4n) is 7.32. The predicted octanol–water partition coefficient (Wildman–Crippen LogP) is 6.17. The number of fused-ring (bicyclic) bond motifs is 5. The van der Waals surface area contributed by atoms with E-state index in [9.17, 15) is 18.8 Å². The lowest BCUT2D eigenvalue weighted by Crippen LogP contribution is -2.48. The number of hydrogen-bond donors (Lipinski definition) is 0. The molecular formula is C36H28FNO6. The first-order chi connectivity index (χ1) is 21.3. The second-order valence-electron chi connectivity index (χ2n) is 11.1. The molecule has 1 saturated heterocycles. The molecule has 1 spiro atoms. The Hall–Kier alpha value is -5.24. The maximum atomic E-state index is 14.9. The van der Waals surface area contributed by atoms with Gasteiger partial charge in [0.05, 0.1) is 27.4 Å². The zero-order valence-electron chi connectivity index (χ0n) is 24.2. The quantitative estimate of drug-likeness (QED) is 0.197. The largest absolute Gasteiger partial charge is 0.497 e. The van der Waals surface area contributed by atoms with Crippen LogP contribution in [0, 0.1) is 11.2 Å². The number of hydrogen-bond acceptors (Lipinski definition) is 7. The van der Waals surface area contributed by atoms with Crippen LogP contribution < -0.4 is 19.1 Å². The molecule has 1 aliphatic carbocycles. The number of rotatable bonds is 6.